The number of para-hydroxylation sites is 1. The molecule has 0 bridgehead atoms. The van der Waals surface area contributed by atoms with E-state index in [1.54, 1.807) is 18.2 Å². The molecule has 0 radical (unpaired) electrons. The number of nitrogens with zero attached hydrogens (tertiary/aromatic N) is 1. The standard InChI is InChI=1S/C14H9F2N3OS/c15-9-5-2-1-4-8(9)13(20)18-19-14-17-12-10(16)6-3-7-11(12)21-14/h1-7H,(H,17,19)(H,18,20). The van der Waals surface area contributed by atoms with E-state index in [4.69, 9.17) is 0 Å². The molecule has 1 amide bonds. The number of carbonyl (C=O) groups is 1. The van der Waals surface area contributed by atoms with Crippen LogP contribution in [0.25, 0.3) is 10.2 Å². The third-order valence-electron chi connectivity index (χ3n) is 2.77. The minimum atomic E-state index is -0.632. The number of benzene rings is 2. The Morgan fingerprint density at radius 1 is 1.05 bits per heavy atom. The van der Waals surface area contributed by atoms with E-state index < -0.39 is 17.5 Å². The van der Waals surface area contributed by atoms with E-state index in [1.165, 1.54) is 35.6 Å². The van der Waals surface area contributed by atoms with Gasteiger partial charge in [0.2, 0.25) is 5.13 Å². The lowest BCUT2D eigenvalue weighted by molar-refractivity contribution is 0.0958. The van der Waals surface area contributed by atoms with Gasteiger partial charge in [0.1, 0.15) is 17.2 Å². The van der Waals surface area contributed by atoms with Crippen molar-refractivity contribution in [3.63, 3.8) is 0 Å². The van der Waals surface area contributed by atoms with Gasteiger partial charge < -0.3 is 0 Å². The van der Waals surface area contributed by atoms with Crippen LogP contribution in [0.1, 0.15) is 10.4 Å². The quantitative estimate of drug-likeness (QED) is 0.730. The van der Waals surface area contributed by atoms with Gasteiger partial charge in [0.25, 0.3) is 5.91 Å². The van der Waals surface area contributed by atoms with Gasteiger partial charge in [-0.05, 0) is 24.3 Å². The molecule has 2 N–H and O–H groups in total. The van der Waals surface area contributed by atoms with Crippen molar-refractivity contribution >= 4 is 32.6 Å². The highest BCUT2D eigenvalue weighted by Gasteiger charge is 2.12. The number of rotatable bonds is 3. The molecular weight excluding hydrogens is 296 g/mol. The maximum Gasteiger partial charge on any atom is 0.272 e. The van der Waals surface area contributed by atoms with Gasteiger partial charge in [-0.1, -0.05) is 29.5 Å². The van der Waals surface area contributed by atoms with Crippen molar-refractivity contribution in [2.45, 2.75) is 0 Å². The summed E-state index contributed by atoms with van der Waals surface area (Å²) in [7, 11) is 0. The van der Waals surface area contributed by atoms with Gasteiger partial charge in [-0.15, -0.1) is 0 Å². The molecule has 7 heteroatoms. The third kappa shape index (κ3) is 2.68. The zero-order valence-electron chi connectivity index (χ0n) is 10.6. The maximum atomic E-state index is 13.5. The van der Waals surface area contributed by atoms with E-state index in [9.17, 15) is 13.6 Å². The lowest BCUT2D eigenvalue weighted by Gasteiger charge is -2.05. The molecule has 0 unspecified atom stereocenters. The fraction of sp³-hybridized carbons (Fsp3) is 0. The van der Waals surface area contributed by atoms with Gasteiger partial charge in [0.05, 0.1) is 10.3 Å². The molecule has 1 aromatic heterocycles. The number of halogens is 2. The summed E-state index contributed by atoms with van der Waals surface area (Å²) in [5.74, 6) is -1.68. The second kappa shape index (κ2) is 5.45. The minimum absolute atomic E-state index is 0.0858. The minimum Gasteiger partial charge on any atom is -0.273 e. The summed E-state index contributed by atoms with van der Waals surface area (Å²) in [5, 5.41) is 0.319. The zero-order chi connectivity index (χ0) is 14.8. The number of anilines is 1. The first-order valence-corrected chi connectivity index (χ1v) is 6.83. The SMILES string of the molecule is O=C(NNc1nc2c(F)cccc2s1)c1ccccc1F. The number of hydrazine groups is 1. The number of carbonyl (C=O) groups excluding carboxylic acids is 1. The number of thiazole rings is 1. The smallest absolute Gasteiger partial charge is 0.272 e. The number of hydrogen-bond donors (Lipinski definition) is 2. The molecule has 3 rings (SSSR count). The molecule has 0 fully saturated rings. The predicted molar refractivity (Wildman–Crippen MR) is 77.1 cm³/mol. The van der Waals surface area contributed by atoms with Crippen LogP contribution in [0.3, 0.4) is 0 Å². The molecule has 0 spiro atoms. The van der Waals surface area contributed by atoms with Crippen molar-refractivity contribution in [2.24, 2.45) is 0 Å². The van der Waals surface area contributed by atoms with Crippen molar-refractivity contribution in [3.05, 3.63) is 59.7 Å². The van der Waals surface area contributed by atoms with Crippen molar-refractivity contribution in [1.82, 2.24) is 10.4 Å². The van der Waals surface area contributed by atoms with E-state index in [2.05, 4.69) is 15.8 Å². The Kier molecular flexibility index (Phi) is 3.49. The summed E-state index contributed by atoms with van der Waals surface area (Å²) < 4.78 is 27.6. The summed E-state index contributed by atoms with van der Waals surface area (Å²) in [6.45, 7) is 0. The second-order valence-corrected chi connectivity index (χ2v) is 5.20. The third-order valence-corrected chi connectivity index (χ3v) is 3.71. The first-order valence-electron chi connectivity index (χ1n) is 6.01. The Bertz CT molecular complexity index is 819. The summed E-state index contributed by atoms with van der Waals surface area (Å²) in [6.07, 6.45) is 0. The second-order valence-electron chi connectivity index (χ2n) is 4.16. The van der Waals surface area contributed by atoms with Crippen LogP contribution in [0.2, 0.25) is 0 Å². The van der Waals surface area contributed by atoms with Gasteiger partial charge >= 0.3 is 0 Å². The summed E-state index contributed by atoms with van der Waals surface area (Å²) in [6, 6.07) is 10.2. The first-order chi connectivity index (χ1) is 10.1. The molecule has 21 heavy (non-hydrogen) atoms. The summed E-state index contributed by atoms with van der Waals surface area (Å²) >= 11 is 1.18. The molecule has 0 saturated carbocycles. The van der Waals surface area contributed by atoms with E-state index >= 15 is 0 Å². The van der Waals surface area contributed by atoms with Crippen LogP contribution >= 0.6 is 11.3 Å². The molecule has 0 aliphatic carbocycles. The Balaban J connectivity index is 1.76. The number of aromatic nitrogens is 1. The molecular formula is C14H9F2N3OS. The van der Waals surface area contributed by atoms with Gasteiger partial charge in [0, 0.05) is 0 Å². The summed E-state index contributed by atoms with van der Waals surface area (Å²) in [4.78, 5) is 15.8. The molecule has 0 aliphatic heterocycles. The van der Waals surface area contributed by atoms with E-state index in [0.717, 1.165) is 0 Å². The van der Waals surface area contributed by atoms with Crippen molar-refractivity contribution in [2.75, 3.05) is 5.43 Å². The van der Waals surface area contributed by atoms with Crippen LogP contribution in [0.15, 0.2) is 42.5 Å². The first kappa shape index (κ1) is 13.4. The molecule has 4 nitrogen and oxygen atoms in total. The van der Waals surface area contributed by atoms with Gasteiger partial charge in [0.15, 0.2) is 0 Å². The number of nitrogens with one attached hydrogen (secondary N) is 2. The van der Waals surface area contributed by atoms with E-state index in [-0.39, 0.29) is 11.1 Å². The van der Waals surface area contributed by atoms with Crippen LogP contribution < -0.4 is 10.9 Å². The highest BCUT2D eigenvalue weighted by atomic mass is 32.1. The molecule has 0 atom stereocenters. The van der Waals surface area contributed by atoms with Crippen LogP contribution in [-0.2, 0) is 0 Å². The Labute approximate surface area is 122 Å². The average Bonchev–Trinajstić information content (AvgIpc) is 2.90. The molecule has 1 heterocycles. The largest absolute Gasteiger partial charge is 0.273 e. The van der Waals surface area contributed by atoms with Gasteiger partial charge in [-0.2, -0.15) is 0 Å². The molecule has 0 saturated heterocycles. The van der Waals surface area contributed by atoms with Crippen LogP contribution in [-0.4, -0.2) is 10.9 Å². The lowest BCUT2D eigenvalue weighted by atomic mass is 10.2. The van der Waals surface area contributed by atoms with E-state index in [1.807, 2.05) is 0 Å². The van der Waals surface area contributed by atoms with Crippen LogP contribution in [0, 0.1) is 11.6 Å². The van der Waals surface area contributed by atoms with E-state index in [0.29, 0.717) is 9.83 Å². The van der Waals surface area contributed by atoms with Crippen molar-refractivity contribution in [1.29, 1.82) is 0 Å². The number of amides is 1. The molecule has 3 aromatic rings. The fourth-order valence-electron chi connectivity index (χ4n) is 1.79. The maximum absolute atomic E-state index is 13.5. The summed E-state index contributed by atoms with van der Waals surface area (Å²) in [5.41, 5.74) is 5.04. The molecule has 106 valence electrons. The molecule has 0 aliphatic rings. The average molecular weight is 305 g/mol. The topological polar surface area (TPSA) is 54.0 Å². The van der Waals surface area contributed by atoms with Crippen molar-refractivity contribution in [3.8, 4) is 0 Å². The lowest BCUT2D eigenvalue weighted by Crippen LogP contribution is -2.29. The fourth-order valence-corrected chi connectivity index (χ4v) is 2.63. The number of fused-ring (bicyclic) bond motifs is 1. The highest BCUT2D eigenvalue weighted by molar-refractivity contribution is 7.22. The predicted octanol–water partition coefficient (Wildman–Crippen LogP) is 3.33. The Morgan fingerprint density at radius 3 is 2.57 bits per heavy atom. The molecule has 2 aromatic carbocycles. The highest BCUT2D eigenvalue weighted by Crippen LogP contribution is 2.26. The van der Waals surface area contributed by atoms with Crippen LogP contribution in [0.5, 0.6) is 0 Å². The van der Waals surface area contributed by atoms with Gasteiger partial charge in [-0.3, -0.25) is 15.6 Å². The number of hydrogen-bond acceptors (Lipinski definition) is 4. The Hall–Kier alpha value is -2.54. The monoisotopic (exact) mass is 305 g/mol. The zero-order valence-corrected chi connectivity index (χ0v) is 11.4. The van der Waals surface area contributed by atoms with Gasteiger partial charge in [-0.25, -0.2) is 13.8 Å². The van der Waals surface area contributed by atoms with Crippen molar-refractivity contribution < 1.29 is 13.6 Å². The Morgan fingerprint density at radius 2 is 1.81 bits per heavy atom. The van der Waals surface area contributed by atoms with Crippen LogP contribution in [0.4, 0.5) is 13.9 Å². The normalized spacial score (nSPS) is 10.6.